The van der Waals surface area contributed by atoms with Crippen LogP contribution in [0, 0.1) is 0 Å². The highest BCUT2D eigenvalue weighted by Crippen LogP contribution is 2.21. The number of hydrogen-bond acceptors (Lipinski definition) is 3. The standard InChI is InChI=1S/C24H31N3/c1-9-21(16-25-6)23-12-10-11-22(15-23)20(5)26-17-24(18(2)3)19(4)13-14-27(7)8/h9-17H,4-5H2,1-3,6-8H3/b14-13-,21-9+,25-16-,26-17-. The molecule has 142 valence electrons. The van der Waals surface area contributed by atoms with E-state index in [1.807, 2.05) is 68.8 Å². The molecule has 0 N–H and O–H groups in total. The van der Waals surface area contributed by atoms with Gasteiger partial charge >= 0.3 is 0 Å². The Morgan fingerprint density at radius 3 is 2.30 bits per heavy atom. The molecule has 3 nitrogen and oxygen atoms in total. The minimum Gasteiger partial charge on any atom is -0.383 e. The fourth-order valence-corrected chi connectivity index (χ4v) is 2.41. The van der Waals surface area contributed by atoms with Crippen LogP contribution in [-0.4, -0.2) is 38.5 Å². The Kier molecular flexibility index (Phi) is 8.94. The lowest BCUT2D eigenvalue weighted by Gasteiger charge is -2.09. The van der Waals surface area contributed by atoms with Gasteiger partial charge in [-0.1, -0.05) is 43.0 Å². The molecule has 0 bridgehead atoms. The molecule has 1 aromatic rings. The summed E-state index contributed by atoms with van der Waals surface area (Å²) < 4.78 is 0. The highest BCUT2D eigenvalue weighted by Gasteiger charge is 2.04. The second-order valence-corrected chi connectivity index (χ2v) is 6.64. The van der Waals surface area contributed by atoms with Gasteiger partial charge in [0.15, 0.2) is 0 Å². The van der Waals surface area contributed by atoms with E-state index in [-0.39, 0.29) is 0 Å². The minimum atomic E-state index is 0.712. The predicted molar refractivity (Wildman–Crippen MR) is 122 cm³/mol. The second-order valence-electron chi connectivity index (χ2n) is 6.64. The number of nitrogens with zero attached hydrogens (tertiary/aromatic N) is 3. The van der Waals surface area contributed by atoms with Crippen LogP contribution >= 0.6 is 0 Å². The normalized spacial score (nSPS) is 12.1. The van der Waals surface area contributed by atoms with E-state index in [0.29, 0.717) is 5.70 Å². The molecule has 0 saturated heterocycles. The molecule has 0 aliphatic carbocycles. The molecule has 0 radical (unpaired) electrons. The van der Waals surface area contributed by atoms with Gasteiger partial charge in [0.25, 0.3) is 0 Å². The van der Waals surface area contributed by atoms with E-state index in [0.717, 1.165) is 33.4 Å². The van der Waals surface area contributed by atoms with Crippen molar-refractivity contribution in [2.45, 2.75) is 20.8 Å². The van der Waals surface area contributed by atoms with Crippen LogP contribution in [0.4, 0.5) is 0 Å². The van der Waals surface area contributed by atoms with Gasteiger partial charge in [-0.2, -0.15) is 0 Å². The molecule has 1 rings (SSSR count). The third-order valence-corrected chi connectivity index (χ3v) is 3.92. The van der Waals surface area contributed by atoms with Gasteiger partial charge in [-0.3, -0.25) is 9.98 Å². The van der Waals surface area contributed by atoms with Crippen molar-refractivity contribution >= 4 is 23.7 Å². The number of benzene rings is 1. The lowest BCUT2D eigenvalue weighted by Crippen LogP contribution is -2.01. The summed E-state index contributed by atoms with van der Waals surface area (Å²) in [6, 6.07) is 8.17. The lowest BCUT2D eigenvalue weighted by atomic mass is 10.0. The van der Waals surface area contributed by atoms with Gasteiger partial charge in [0, 0.05) is 39.1 Å². The van der Waals surface area contributed by atoms with Crippen LogP contribution in [0.5, 0.6) is 0 Å². The molecule has 0 aliphatic heterocycles. The Morgan fingerprint density at radius 1 is 1.07 bits per heavy atom. The second kappa shape index (κ2) is 10.9. The van der Waals surface area contributed by atoms with Crippen LogP contribution in [0.3, 0.4) is 0 Å². The van der Waals surface area contributed by atoms with E-state index >= 15 is 0 Å². The molecule has 0 saturated carbocycles. The third-order valence-electron chi connectivity index (χ3n) is 3.92. The quantitative estimate of drug-likeness (QED) is 0.425. The number of rotatable bonds is 8. The molecule has 1 aromatic carbocycles. The van der Waals surface area contributed by atoms with Crippen molar-refractivity contribution in [3.05, 3.63) is 83.6 Å². The summed E-state index contributed by atoms with van der Waals surface area (Å²) in [5, 5.41) is 0. The first-order chi connectivity index (χ1) is 12.8. The Morgan fingerprint density at radius 2 is 1.74 bits per heavy atom. The zero-order valence-corrected chi connectivity index (χ0v) is 17.5. The maximum Gasteiger partial charge on any atom is 0.0630 e. The molecule has 0 spiro atoms. The summed E-state index contributed by atoms with van der Waals surface area (Å²) >= 11 is 0. The fraction of sp³-hybridized carbons (Fsp3) is 0.250. The molecule has 0 fully saturated rings. The zero-order valence-electron chi connectivity index (χ0n) is 17.5. The third kappa shape index (κ3) is 7.06. The summed E-state index contributed by atoms with van der Waals surface area (Å²) in [4.78, 5) is 10.7. The highest BCUT2D eigenvalue weighted by atomic mass is 15.0. The summed E-state index contributed by atoms with van der Waals surface area (Å²) in [5.74, 6) is 0. The Hall–Kier alpha value is -2.94. The molecule has 0 atom stereocenters. The molecule has 0 aliphatic rings. The largest absolute Gasteiger partial charge is 0.383 e. The van der Waals surface area contributed by atoms with E-state index in [1.54, 1.807) is 7.05 Å². The summed E-state index contributed by atoms with van der Waals surface area (Å²) in [6.07, 6.45) is 9.70. The molecular weight excluding hydrogens is 330 g/mol. The Bertz CT molecular complexity index is 827. The zero-order chi connectivity index (χ0) is 20.4. The molecule has 3 heteroatoms. The van der Waals surface area contributed by atoms with E-state index in [4.69, 9.17) is 0 Å². The molecule has 27 heavy (non-hydrogen) atoms. The predicted octanol–water partition coefficient (Wildman–Crippen LogP) is 5.80. The van der Waals surface area contributed by atoms with Gasteiger partial charge in [0.2, 0.25) is 0 Å². The minimum absolute atomic E-state index is 0.712. The number of hydrogen-bond donors (Lipinski definition) is 0. The number of aliphatic imine (C=N–C) groups is 2. The summed E-state index contributed by atoms with van der Waals surface area (Å²) in [5.41, 5.74) is 6.95. The fourth-order valence-electron chi connectivity index (χ4n) is 2.41. The topological polar surface area (TPSA) is 28.0 Å². The van der Waals surface area contributed by atoms with Gasteiger partial charge in [0.1, 0.15) is 0 Å². The van der Waals surface area contributed by atoms with Crippen molar-refractivity contribution in [1.82, 2.24) is 4.90 Å². The first-order valence-electron chi connectivity index (χ1n) is 8.93. The molecule has 0 aromatic heterocycles. The van der Waals surface area contributed by atoms with Crippen molar-refractivity contribution in [2.24, 2.45) is 9.98 Å². The van der Waals surface area contributed by atoms with E-state index in [2.05, 4.69) is 49.1 Å². The molecule has 0 heterocycles. The number of allylic oxidation sites excluding steroid dienone is 6. The van der Waals surface area contributed by atoms with Crippen molar-refractivity contribution in [1.29, 1.82) is 0 Å². The van der Waals surface area contributed by atoms with Gasteiger partial charge < -0.3 is 4.90 Å². The van der Waals surface area contributed by atoms with Gasteiger partial charge in [-0.15, -0.1) is 0 Å². The Balaban J connectivity index is 3.09. The maximum absolute atomic E-state index is 4.60. The van der Waals surface area contributed by atoms with Gasteiger partial charge in [-0.25, -0.2) is 0 Å². The van der Waals surface area contributed by atoms with Crippen LogP contribution in [0.2, 0.25) is 0 Å². The van der Waals surface area contributed by atoms with E-state index < -0.39 is 0 Å². The summed E-state index contributed by atoms with van der Waals surface area (Å²) in [7, 11) is 5.74. The molecule has 0 unspecified atom stereocenters. The van der Waals surface area contributed by atoms with Crippen molar-refractivity contribution < 1.29 is 0 Å². The SMILES string of the molecule is C=C(/C=C\N(C)C)C(/C=N\C(=C)c1cccc(C(/C=N\C)=C/C)c1)=C(C)C. The smallest absolute Gasteiger partial charge is 0.0630 e. The lowest BCUT2D eigenvalue weighted by molar-refractivity contribution is 0.563. The van der Waals surface area contributed by atoms with Crippen LogP contribution < -0.4 is 0 Å². The van der Waals surface area contributed by atoms with Crippen molar-refractivity contribution in [2.75, 3.05) is 21.1 Å². The van der Waals surface area contributed by atoms with Crippen molar-refractivity contribution in [3.8, 4) is 0 Å². The average Bonchev–Trinajstić information content (AvgIpc) is 2.64. The Labute approximate surface area is 164 Å². The van der Waals surface area contributed by atoms with Crippen LogP contribution in [0.1, 0.15) is 31.9 Å². The van der Waals surface area contributed by atoms with Crippen LogP contribution in [0.15, 0.2) is 82.5 Å². The van der Waals surface area contributed by atoms with Gasteiger partial charge in [0.05, 0.1) is 5.70 Å². The van der Waals surface area contributed by atoms with Gasteiger partial charge in [-0.05, 0) is 61.4 Å². The summed E-state index contributed by atoms with van der Waals surface area (Å²) in [6.45, 7) is 14.4. The van der Waals surface area contributed by atoms with Crippen LogP contribution in [0.25, 0.3) is 11.3 Å². The maximum atomic E-state index is 4.60. The highest BCUT2D eigenvalue weighted by molar-refractivity contribution is 6.09. The van der Waals surface area contributed by atoms with E-state index in [1.165, 1.54) is 0 Å². The van der Waals surface area contributed by atoms with Crippen molar-refractivity contribution in [3.63, 3.8) is 0 Å². The molecular formula is C24H31N3. The molecule has 0 amide bonds. The van der Waals surface area contributed by atoms with Crippen LogP contribution in [-0.2, 0) is 0 Å². The monoisotopic (exact) mass is 361 g/mol. The van der Waals surface area contributed by atoms with E-state index in [9.17, 15) is 0 Å². The first kappa shape index (κ1) is 22.1. The first-order valence-corrected chi connectivity index (χ1v) is 8.93. The average molecular weight is 362 g/mol.